The van der Waals surface area contributed by atoms with Crippen LogP contribution in [-0.2, 0) is 0 Å². The fourth-order valence-corrected chi connectivity index (χ4v) is 1.69. The zero-order valence-electron chi connectivity index (χ0n) is 11.5. The van der Waals surface area contributed by atoms with E-state index in [1.165, 1.54) is 0 Å². The minimum Gasteiger partial charge on any atom is -0.491 e. The molecule has 0 unspecified atom stereocenters. The summed E-state index contributed by atoms with van der Waals surface area (Å²) in [5.41, 5.74) is 0.146. The van der Waals surface area contributed by atoms with E-state index in [0.717, 1.165) is 11.3 Å². The van der Waals surface area contributed by atoms with Gasteiger partial charge in [-0.2, -0.15) is 0 Å². The summed E-state index contributed by atoms with van der Waals surface area (Å²) in [5, 5.41) is 19.8. The van der Waals surface area contributed by atoms with Gasteiger partial charge < -0.3 is 14.9 Å². The fraction of sp³-hybridized carbons (Fsp3) is 0.600. The summed E-state index contributed by atoms with van der Waals surface area (Å²) in [6.45, 7) is 6.15. The lowest BCUT2D eigenvalue weighted by Crippen LogP contribution is -2.34. The van der Waals surface area contributed by atoms with E-state index in [9.17, 15) is 10.2 Å². The maximum Gasteiger partial charge on any atom is 0.119 e. The first-order valence-corrected chi connectivity index (χ1v) is 6.67. The molecule has 0 amide bonds. The number of aliphatic hydroxyl groups is 2. The van der Waals surface area contributed by atoms with Crippen molar-refractivity contribution in [3.8, 4) is 5.75 Å². The van der Waals surface area contributed by atoms with E-state index in [2.05, 4.69) is 0 Å². The lowest BCUT2D eigenvalue weighted by Gasteiger charge is -2.25. The van der Waals surface area contributed by atoms with Crippen molar-refractivity contribution in [3.63, 3.8) is 0 Å². The Morgan fingerprint density at radius 2 is 1.67 bits per heavy atom. The summed E-state index contributed by atoms with van der Waals surface area (Å²) in [7, 11) is 0. The van der Waals surface area contributed by atoms with Crippen molar-refractivity contribution in [2.24, 2.45) is 0 Å². The monoisotopic (exact) mass is 252 g/mol. The van der Waals surface area contributed by atoms with E-state index < -0.39 is 11.7 Å². The molecule has 0 aliphatic carbocycles. The van der Waals surface area contributed by atoms with Crippen molar-refractivity contribution >= 4 is 0 Å². The van der Waals surface area contributed by atoms with Gasteiger partial charge in [-0.05, 0) is 37.0 Å². The van der Waals surface area contributed by atoms with Crippen LogP contribution in [0.25, 0.3) is 0 Å². The van der Waals surface area contributed by atoms with Crippen LogP contribution >= 0.6 is 0 Å². The first kappa shape index (κ1) is 15.0. The molecule has 2 N–H and O–H groups in total. The topological polar surface area (TPSA) is 49.7 Å². The average Bonchev–Trinajstić information content (AvgIpc) is 2.44. The smallest absolute Gasteiger partial charge is 0.119 e. The Labute approximate surface area is 109 Å². The van der Waals surface area contributed by atoms with E-state index in [1.54, 1.807) is 0 Å². The SMILES string of the molecule is CC[C@H](O)c1ccc(OCC(O)(CC)CC)cc1. The standard InChI is InChI=1S/C15H24O3/c1-4-14(16)12-7-9-13(10-8-12)18-11-15(17,5-2)6-3/h7-10,14,16-17H,4-6,11H2,1-3H3/t14-/m0/s1. The average molecular weight is 252 g/mol. The van der Waals surface area contributed by atoms with Crippen molar-refractivity contribution < 1.29 is 14.9 Å². The van der Waals surface area contributed by atoms with Gasteiger partial charge >= 0.3 is 0 Å². The van der Waals surface area contributed by atoms with Crippen LogP contribution < -0.4 is 4.74 Å². The van der Waals surface area contributed by atoms with Gasteiger partial charge in [-0.25, -0.2) is 0 Å². The van der Waals surface area contributed by atoms with Gasteiger partial charge in [0, 0.05) is 0 Å². The second kappa shape index (κ2) is 6.76. The highest BCUT2D eigenvalue weighted by Crippen LogP contribution is 2.22. The molecule has 3 nitrogen and oxygen atoms in total. The number of ether oxygens (including phenoxy) is 1. The number of benzene rings is 1. The molecule has 0 saturated carbocycles. The van der Waals surface area contributed by atoms with E-state index in [4.69, 9.17) is 4.74 Å². The molecule has 0 fully saturated rings. The third kappa shape index (κ3) is 4.00. The van der Waals surface area contributed by atoms with E-state index in [0.29, 0.717) is 25.9 Å². The lowest BCUT2D eigenvalue weighted by molar-refractivity contribution is -0.0113. The summed E-state index contributed by atoms with van der Waals surface area (Å²) < 4.78 is 5.59. The number of aliphatic hydroxyl groups excluding tert-OH is 1. The predicted octanol–water partition coefficient (Wildman–Crippen LogP) is 3.06. The summed E-state index contributed by atoms with van der Waals surface area (Å²) in [6, 6.07) is 7.39. The normalized spacial score (nSPS) is 13.4. The molecule has 1 aromatic rings. The summed E-state index contributed by atoms with van der Waals surface area (Å²) in [4.78, 5) is 0. The molecule has 18 heavy (non-hydrogen) atoms. The molecule has 0 spiro atoms. The molecule has 102 valence electrons. The van der Waals surface area contributed by atoms with Gasteiger partial charge in [0.15, 0.2) is 0 Å². The highest BCUT2D eigenvalue weighted by molar-refractivity contribution is 5.28. The fourth-order valence-electron chi connectivity index (χ4n) is 1.69. The molecule has 1 aromatic carbocycles. The molecule has 0 radical (unpaired) electrons. The molecule has 3 heteroatoms. The number of hydrogen-bond acceptors (Lipinski definition) is 3. The van der Waals surface area contributed by atoms with Crippen LogP contribution in [0, 0.1) is 0 Å². The minimum absolute atomic E-state index is 0.301. The quantitative estimate of drug-likeness (QED) is 0.784. The second-order valence-electron chi connectivity index (χ2n) is 4.71. The molecule has 0 aliphatic rings. The van der Waals surface area contributed by atoms with E-state index >= 15 is 0 Å². The van der Waals surface area contributed by atoms with Crippen molar-refractivity contribution in [1.82, 2.24) is 0 Å². The highest BCUT2D eigenvalue weighted by Gasteiger charge is 2.23. The molecule has 0 heterocycles. The van der Waals surface area contributed by atoms with Gasteiger partial charge in [0.05, 0.1) is 11.7 Å². The molecular formula is C15H24O3. The Balaban J connectivity index is 2.59. The summed E-state index contributed by atoms with van der Waals surface area (Å²) >= 11 is 0. The van der Waals surface area contributed by atoms with Crippen LogP contribution in [0.15, 0.2) is 24.3 Å². The zero-order chi connectivity index (χ0) is 13.6. The molecule has 0 aromatic heterocycles. The molecule has 0 saturated heterocycles. The van der Waals surface area contributed by atoms with Gasteiger partial charge in [0.2, 0.25) is 0 Å². The van der Waals surface area contributed by atoms with Crippen LogP contribution in [0.2, 0.25) is 0 Å². The Morgan fingerprint density at radius 3 is 2.11 bits per heavy atom. The second-order valence-corrected chi connectivity index (χ2v) is 4.71. The molecule has 1 rings (SSSR count). The number of rotatable bonds is 7. The highest BCUT2D eigenvalue weighted by atomic mass is 16.5. The van der Waals surface area contributed by atoms with Crippen molar-refractivity contribution in [3.05, 3.63) is 29.8 Å². The molecular weight excluding hydrogens is 228 g/mol. The predicted molar refractivity (Wildman–Crippen MR) is 72.7 cm³/mol. The van der Waals surface area contributed by atoms with Gasteiger partial charge in [-0.3, -0.25) is 0 Å². The minimum atomic E-state index is -0.748. The Kier molecular flexibility index (Phi) is 5.63. The van der Waals surface area contributed by atoms with Crippen molar-refractivity contribution in [1.29, 1.82) is 0 Å². The van der Waals surface area contributed by atoms with Crippen LogP contribution in [0.3, 0.4) is 0 Å². The lowest BCUT2D eigenvalue weighted by atomic mass is 9.99. The van der Waals surface area contributed by atoms with Crippen LogP contribution in [0.1, 0.15) is 51.7 Å². The van der Waals surface area contributed by atoms with Crippen LogP contribution in [-0.4, -0.2) is 22.4 Å². The van der Waals surface area contributed by atoms with Gasteiger partial charge in [-0.1, -0.05) is 32.9 Å². The molecule has 1 atom stereocenters. The van der Waals surface area contributed by atoms with Crippen molar-refractivity contribution in [2.45, 2.75) is 51.7 Å². The molecule has 0 bridgehead atoms. The number of hydrogen-bond donors (Lipinski definition) is 2. The third-order valence-electron chi connectivity index (χ3n) is 3.48. The first-order chi connectivity index (χ1) is 8.54. The summed E-state index contributed by atoms with van der Waals surface area (Å²) in [6.07, 6.45) is 1.64. The maximum atomic E-state index is 10.1. The summed E-state index contributed by atoms with van der Waals surface area (Å²) in [5.74, 6) is 0.724. The van der Waals surface area contributed by atoms with Crippen LogP contribution in [0.4, 0.5) is 0 Å². The zero-order valence-corrected chi connectivity index (χ0v) is 11.5. The third-order valence-corrected chi connectivity index (χ3v) is 3.48. The first-order valence-electron chi connectivity index (χ1n) is 6.67. The van der Waals surface area contributed by atoms with E-state index in [-0.39, 0.29) is 0 Å². The largest absolute Gasteiger partial charge is 0.491 e. The van der Waals surface area contributed by atoms with Gasteiger partial charge in [0.1, 0.15) is 12.4 Å². The Morgan fingerprint density at radius 1 is 1.11 bits per heavy atom. The van der Waals surface area contributed by atoms with Gasteiger partial charge in [-0.15, -0.1) is 0 Å². The Hall–Kier alpha value is -1.06. The van der Waals surface area contributed by atoms with E-state index in [1.807, 2.05) is 45.0 Å². The molecule has 0 aliphatic heterocycles. The van der Waals surface area contributed by atoms with Crippen molar-refractivity contribution in [2.75, 3.05) is 6.61 Å². The Bertz CT molecular complexity index is 341. The van der Waals surface area contributed by atoms with Crippen LogP contribution in [0.5, 0.6) is 5.75 Å². The maximum absolute atomic E-state index is 10.1. The van der Waals surface area contributed by atoms with Gasteiger partial charge in [0.25, 0.3) is 0 Å².